The van der Waals surface area contributed by atoms with E-state index in [0.717, 1.165) is 43.4 Å². The van der Waals surface area contributed by atoms with Crippen LogP contribution in [0.5, 0.6) is 0 Å². The second-order valence-electron chi connectivity index (χ2n) is 9.25. The molecule has 2 heteroatoms. The molecule has 0 N–H and O–H groups in total. The Morgan fingerprint density at radius 1 is 1.04 bits per heavy atom. The number of carbonyl (C=O) groups is 2. The molecule has 3 saturated carbocycles. The number of hydrogen-bond acceptors (Lipinski definition) is 2. The molecule has 126 valence electrons. The molecule has 2 nitrogen and oxygen atoms in total. The van der Waals surface area contributed by atoms with Crippen molar-refractivity contribution in [1.82, 2.24) is 0 Å². The van der Waals surface area contributed by atoms with Crippen LogP contribution in [-0.2, 0) is 9.59 Å². The lowest BCUT2D eigenvalue weighted by Gasteiger charge is -2.58. The zero-order valence-corrected chi connectivity index (χ0v) is 14.9. The first kappa shape index (κ1) is 15.6. The summed E-state index contributed by atoms with van der Waals surface area (Å²) in [6.45, 7) is 6.65. The van der Waals surface area contributed by atoms with E-state index in [4.69, 9.17) is 0 Å². The van der Waals surface area contributed by atoms with Crippen LogP contribution in [0, 0.1) is 34.5 Å². The van der Waals surface area contributed by atoms with E-state index >= 15 is 0 Å². The van der Waals surface area contributed by atoms with Gasteiger partial charge in [-0.3, -0.25) is 9.59 Å². The summed E-state index contributed by atoms with van der Waals surface area (Å²) in [6.07, 6.45) is 10.9. The summed E-state index contributed by atoms with van der Waals surface area (Å²) in [5.74, 6) is 3.29. The first-order chi connectivity index (χ1) is 10.9. The molecule has 0 heterocycles. The third-order valence-corrected chi connectivity index (χ3v) is 8.45. The second kappa shape index (κ2) is 5.04. The largest absolute Gasteiger partial charge is 0.300 e. The number of fused-ring (bicyclic) bond motifs is 5. The summed E-state index contributed by atoms with van der Waals surface area (Å²) in [4.78, 5) is 24.0. The van der Waals surface area contributed by atoms with E-state index < -0.39 is 0 Å². The normalized spacial score (nSPS) is 49.0. The maximum Gasteiger partial charge on any atom is 0.155 e. The Bertz CT molecular complexity index is 589. The van der Waals surface area contributed by atoms with Crippen molar-refractivity contribution in [3.8, 4) is 0 Å². The summed E-state index contributed by atoms with van der Waals surface area (Å²) >= 11 is 0. The zero-order valence-electron chi connectivity index (χ0n) is 14.9. The van der Waals surface area contributed by atoms with Gasteiger partial charge in [-0.25, -0.2) is 0 Å². The summed E-state index contributed by atoms with van der Waals surface area (Å²) in [5.41, 5.74) is 1.95. The molecule has 0 spiro atoms. The van der Waals surface area contributed by atoms with Crippen molar-refractivity contribution in [2.45, 2.75) is 72.1 Å². The van der Waals surface area contributed by atoms with Crippen LogP contribution in [0.25, 0.3) is 0 Å². The van der Waals surface area contributed by atoms with Gasteiger partial charge in [0.2, 0.25) is 0 Å². The number of allylic oxidation sites excluding steroid dienone is 1. The minimum atomic E-state index is 0.245. The van der Waals surface area contributed by atoms with Crippen LogP contribution in [0.1, 0.15) is 72.1 Å². The van der Waals surface area contributed by atoms with Crippen molar-refractivity contribution in [1.29, 1.82) is 0 Å². The van der Waals surface area contributed by atoms with Crippen LogP contribution in [0.4, 0.5) is 0 Å². The fourth-order valence-electron chi connectivity index (χ4n) is 7.23. The van der Waals surface area contributed by atoms with Crippen LogP contribution in [0.15, 0.2) is 11.6 Å². The lowest BCUT2D eigenvalue weighted by molar-refractivity contribution is -0.128. The van der Waals surface area contributed by atoms with Gasteiger partial charge in [0, 0.05) is 12.3 Å². The molecule has 6 atom stereocenters. The van der Waals surface area contributed by atoms with Gasteiger partial charge in [-0.2, -0.15) is 0 Å². The highest BCUT2D eigenvalue weighted by molar-refractivity contribution is 5.91. The average Bonchev–Trinajstić information content (AvgIpc) is 2.85. The minimum absolute atomic E-state index is 0.245. The summed E-state index contributed by atoms with van der Waals surface area (Å²) in [6, 6.07) is 0. The van der Waals surface area contributed by atoms with Crippen molar-refractivity contribution in [3.63, 3.8) is 0 Å². The van der Waals surface area contributed by atoms with Gasteiger partial charge in [0.15, 0.2) is 5.78 Å². The number of hydrogen-bond donors (Lipinski definition) is 0. The van der Waals surface area contributed by atoms with Gasteiger partial charge in [0.25, 0.3) is 0 Å². The topological polar surface area (TPSA) is 34.1 Å². The van der Waals surface area contributed by atoms with Crippen LogP contribution in [0.3, 0.4) is 0 Å². The molecule has 0 saturated heterocycles. The highest BCUT2D eigenvalue weighted by atomic mass is 16.1. The third-order valence-electron chi connectivity index (χ3n) is 8.45. The smallest absolute Gasteiger partial charge is 0.155 e. The van der Waals surface area contributed by atoms with Gasteiger partial charge in [0.05, 0.1) is 0 Å². The molecule has 4 rings (SSSR count). The molecule has 0 aromatic rings. The summed E-state index contributed by atoms with van der Waals surface area (Å²) < 4.78 is 0. The Labute approximate surface area is 140 Å². The van der Waals surface area contributed by atoms with Gasteiger partial charge < -0.3 is 0 Å². The molecule has 4 aliphatic rings. The van der Waals surface area contributed by atoms with Crippen LogP contribution >= 0.6 is 0 Å². The molecule has 0 bridgehead atoms. The molecular formula is C21H30O2. The second-order valence-corrected chi connectivity index (χ2v) is 9.25. The van der Waals surface area contributed by atoms with Crippen molar-refractivity contribution in [2.24, 2.45) is 34.5 Å². The highest BCUT2D eigenvalue weighted by Crippen LogP contribution is 2.66. The number of ketones is 2. The zero-order chi connectivity index (χ0) is 16.4. The predicted molar refractivity (Wildman–Crippen MR) is 90.9 cm³/mol. The van der Waals surface area contributed by atoms with E-state index in [0.29, 0.717) is 17.5 Å². The van der Waals surface area contributed by atoms with Gasteiger partial charge in [0.1, 0.15) is 5.78 Å². The van der Waals surface area contributed by atoms with E-state index in [1.54, 1.807) is 6.92 Å². The molecule has 0 aromatic heterocycles. The van der Waals surface area contributed by atoms with Gasteiger partial charge >= 0.3 is 0 Å². The SMILES string of the molecule is C[C@]12CC[C@H]3[C@@H](CCC4=CC(=O)CC[C@@]43C)[C@@H]1CC[C@@H]2C([11CH3])=O. The van der Waals surface area contributed by atoms with Gasteiger partial charge in [-0.15, -0.1) is 0 Å². The van der Waals surface area contributed by atoms with Crippen LogP contribution in [0.2, 0.25) is 0 Å². The Balaban J connectivity index is 1.67. The summed E-state index contributed by atoms with van der Waals surface area (Å²) in [5, 5.41) is 0. The Kier molecular flexibility index (Phi) is 3.42. The molecule has 0 unspecified atom stereocenters. The van der Waals surface area contributed by atoms with Crippen molar-refractivity contribution in [3.05, 3.63) is 11.6 Å². The molecule has 0 amide bonds. The number of Topliss-reactive ketones (excluding diaryl/α,β-unsaturated/α-hetero) is 1. The van der Waals surface area contributed by atoms with E-state index in [-0.39, 0.29) is 10.8 Å². The lowest BCUT2D eigenvalue weighted by atomic mass is 9.46. The first-order valence-corrected chi connectivity index (χ1v) is 9.60. The molecule has 0 radical (unpaired) electrons. The summed E-state index contributed by atoms with van der Waals surface area (Å²) in [7, 11) is 0. The van der Waals surface area contributed by atoms with Gasteiger partial charge in [-0.1, -0.05) is 19.4 Å². The monoisotopic (exact) mass is 313 g/mol. The van der Waals surface area contributed by atoms with Crippen molar-refractivity contribution < 1.29 is 9.59 Å². The quantitative estimate of drug-likeness (QED) is 0.701. The van der Waals surface area contributed by atoms with E-state index in [1.807, 2.05) is 6.08 Å². The fraction of sp³-hybridized carbons (Fsp3) is 0.810. The van der Waals surface area contributed by atoms with E-state index in [2.05, 4.69) is 13.8 Å². The lowest BCUT2D eigenvalue weighted by Crippen LogP contribution is -2.51. The standard InChI is InChI=1S/C21H30O2/c1-13(22)17-6-7-18-16-5-4-14-12-15(23)8-10-20(14,2)19(16)9-11-21(17,18)3/h12,16-19H,4-11H2,1-3H3/t16-,17+,18-,19-,20-,21+/m0/s1/i1-1. The maximum absolute atomic E-state index is 12.1. The first-order valence-electron chi connectivity index (χ1n) is 9.60. The Hall–Kier alpha value is -0.920. The maximum atomic E-state index is 12.1. The fourth-order valence-corrected chi connectivity index (χ4v) is 7.23. The number of rotatable bonds is 1. The van der Waals surface area contributed by atoms with Crippen molar-refractivity contribution >= 4 is 11.6 Å². The van der Waals surface area contributed by atoms with Crippen molar-refractivity contribution in [2.75, 3.05) is 0 Å². The highest BCUT2D eigenvalue weighted by Gasteiger charge is 2.59. The minimum Gasteiger partial charge on any atom is -0.300 e. The molecular weight excluding hydrogens is 283 g/mol. The molecule has 4 aliphatic carbocycles. The predicted octanol–water partition coefficient (Wildman–Crippen LogP) is 4.72. The van der Waals surface area contributed by atoms with Crippen LogP contribution in [-0.4, -0.2) is 11.6 Å². The van der Waals surface area contributed by atoms with Crippen LogP contribution < -0.4 is 0 Å². The Morgan fingerprint density at radius 3 is 2.57 bits per heavy atom. The molecule has 23 heavy (non-hydrogen) atoms. The number of carbonyl (C=O) groups excluding carboxylic acids is 2. The molecule has 3 fully saturated rings. The Morgan fingerprint density at radius 2 is 1.83 bits per heavy atom. The molecule has 0 aromatic carbocycles. The van der Waals surface area contributed by atoms with E-state index in [1.165, 1.54) is 31.3 Å². The van der Waals surface area contributed by atoms with E-state index in [9.17, 15) is 9.59 Å². The van der Waals surface area contributed by atoms with Gasteiger partial charge in [-0.05, 0) is 86.5 Å². The molecule has 0 aliphatic heterocycles. The average molecular weight is 313 g/mol. The third kappa shape index (κ3) is 2.06.